The highest BCUT2D eigenvalue weighted by Gasteiger charge is 2.24. The third-order valence-corrected chi connectivity index (χ3v) is 6.27. The second kappa shape index (κ2) is 9.51. The number of methoxy groups -OCH3 is 1. The topological polar surface area (TPSA) is 68.6 Å². The Morgan fingerprint density at radius 3 is 2.87 bits per heavy atom. The van der Waals surface area contributed by atoms with Gasteiger partial charge in [0.2, 0.25) is 5.91 Å². The molecule has 0 unspecified atom stereocenters. The average Bonchev–Trinajstić information content (AvgIpc) is 2.97. The second-order valence-electron chi connectivity index (χ2n) is 8.30. The van der Waals surface area contributed by atoms with Crippen LogP contribution in [0.15, 0.2) is 24.4 Å². The fraction of sp³-hybridized carbons (Fsp3) is 0.565. The lowest BCUT2D eigenvalue weighted by atomic mass is 10.0. The third kappa shape index (κ3) is 4.61. The molecule has 0 atom stereocenters. The van der Waals surface area contributed by atoms with E-state index in [1.165, 1.54) is 38.5 Å². The van der Waals surface area contributed by atoms with E-state index in [0.29, 0.717) is 19.2 Å². The molecule has 1 saturated carbocycles. The van der Waals surface area contributed by atoms with E-state index in [9.17, 15) is 4.79 Å². The van der Waals surface area contributed by atoms with Gasteiger partial charge in [0.1, 0.15) is 24.7 Å². The summed E-state index contributed by atoms with van der Waals surface area (Å²) in [6.45, 7) is 2.19. The lowest BCUT2D eigenvalue weighted by molar-refractivity contribution is -0.121. The molecule has 1 aromatic heterocycles. The molecule has 0 saturated heterocycles. The summed E-state index contributed by atoms with van der Waals surface area (Å²) in [7, 11) is 3.82. The minimum Gasteiger partial charge on any atom is -0.497 e. The first kappa shape index (κ1) is 20.7. The first-order valence-electron chi connectivity index (χ1n) is 11.0. The summed E-state index contributed by atoms with van der Waals surface area (Å²) in [5.74, 6) is 1.52. The molecule has 1 fully saturated rings. The normalized spacial score (nSPS) is 16.4. The Balaban J connectivity index is 1.35. The van der Waals surface area contributed by atoms with E-state index >= 15 is 0 Å². The summed E-state index contributed by atoms with van der Waals surface area (Å²) < 4.78 is 12.9. The molecule has 2 aromatic rings. The van der Waals surface area contributed by atoms with Gasteiger partial charge >= 0.3 is 0 Å². The maximum absolute atomic E-state index is 12.6. The lowest BCUT2D eigenvalue weighted by Crippen LogP contribution is -2.39. The highest BCUT2D eigenvalue weighted by atomic mass is 16.5. The number of likely N-dealkylation sites (N-methyl/N-ethyl adjacent to an activating group) is 1. The van der Waals surface area contributed by atoms with E-state index < -0.39 is 0 Å². The van der Waals surface area contributed by atoms with Crippen molar-refractivity contribution in [3.05, 3.63) is 30.0 Å². The number of aromatic nitrogens is 2. The molecular weight excluding hydrogens is 380 g/mol. The van der Waals surface area contributed by atoms with E-state index in [1.54, 1.807) is 18.0 Å². The Kier molecular flexibility index (Phi) is 6.57. The lowest BCUT2D eigenvalue weighted by Gasteiger charge is -2.27. The van der Waals surface area contributed by atoms with Crippen molar-refractivity contribution in [1.29, 1.82) is 0 Å². The molecule has 2 aliphatic rings. The molecule has 1 aliphatic carbocycles. The molecular formula is C23H32N4O3. The quantitative estimate of drug-likeness (QED) is 0.707. The van der Waals surface area contributed by atoms with Gasteiger partial charge in [0.15, 0.2) is 0 Å². The molecule has 1 N–H and O–H groups in total. The first-order chi connectivity index (χ1) is 14.7. The van der Waals surface area contributed by atoms with E-state index in [-0.39, 0.29) is 12.5 Å². The molecule has 4 rings (SSSR count). The van der Waals surface area contributed by atoms with Crippen LogP contribution in [-0.2, 0) is 17.9 Å². The molecule has 0 bridgehead atoms. The number of hydrogen-bond acceptors (Lipinski definition) is 5. The van der Waals surface area contributed by atoms with Crippen LogP contribution in [0.1, 0.15) is 44.1 Å². The largest absolute Gasteiger partial charge is 0.497 e. The molecule has 0 radical (unpaired) electrons. The number of carbonyl (C=O) groups is 1. The molecule has 7 nitrogen and oxygen atoms in total. The summed E-state index contributed by atoms with van der Waals surface area (Å²) in [5, 5.41) is 7.51. The molecule has 1 aliphatic heterocycles. The number of fused-ring (bicyclic) bond motifs is 3. The summed E-state index contributed by atoms with van der Waals surface area (Å²) in [6, 6.07) is 6.36. The van der Waals surface area contributed by atoms with Crippen molar-refractivity contribution >= 4 is 5.91 Å². The van der Waals surface area contributed by atoms with E-state index in [1.807, 2.05) is 18.2 Å². The number of amides is 1. The Morgan fingerprint density at radius 2 is 2.10 bits per heavy atom. The number of carbonyl (C=O) groups excluding carboxylic acids is 1. The minimum absolute atomic E-state index is 0.0221. The zero-order valence-corrected chi connectivity index (χ0v) is 18.0. The first-order valence-corrected chi connectivity index (χ1v) is 11.0. The maximum atomic E-state index is 12.6. The van der Waals surface area contributed by atoms with Crippen LogP contribution in [0.2, 0.25) is 0 Å². The molecule has 30 heavy (non-hydrogen) atoms. The van der Waals surface area contributed by atoms with Crippen molar-refractivity contribution in [3.63, 3.8) is 0 Å². The van der Waals surface area contributed by atoms with Crippen LogP contribution in [0.5, 0.6) is 11.5 Å². The number of ether oxygens (including phenoxy) is 2. The van der Waals surface area contributed by atoms with Gasteiger partial charge < -0.3 is 19.7 Å². The van der Waals surface area contributed by atoms with Crippen LogP contribution in [0.25, 0.3) is 11.3 Å². The van der Waals surface area contributed by atoms with E-state index in [0.717, 1.165) is 34.9 Å². The van der Waals surface area contributed by atoms with Gasteiger partial charge in [0, 0.05) is 30.3 Å². The van der Waals surface area contributed by atoms with Gasteiger partial charge in [-0.3, -0.25) is 9.48 Å². The summed E-state index contributed by atoms with van der Waals surface area (Å²) in [5.41, 5.74) is 2.83. The van der Waals surface area contributed by atoms with Crippen LogP contribution >= 0.6 is 0 Å². The standard InChI is InChI=1S/C23H32N4O3/c1-26(18-7-5-3-4-6-8-18)12-11-24-22(28)15-27-23-17(14-25-27)16-30-21-10-9-19(29-2)13-20(21)23/h9-10,13-14,18H,3-8,11-12,15-16H2,1-2H3,(H,24,28). The Hall–Kier alpha value is -2.54. The monoisotopic (exact) mass is 412 g/mol. The van der Waals surface area contributed by atoms with Crippen LogP contribution < -0.4 is 14.8 Å². The molecule has 1 amide bonds. The van der Waals surface area contributed by atoms with Crippen molar-refractivity contribution in [2.24, 2.45) is 0 Å². The Bertz CT molecular complexity index is 871. The summed E-state index contributed by atoms with van der Waals surface area (Å²) >= 11 is 0. The Morgan fingerprint density at radius 1 is 1.30 bits per heavy atom. The van der Waals surface area contributed by atoms with Crippen molar-refractivity contribution in [1.82, 2.24) is 20.0 Å². The number of nitrogens with one attached hydrogen (secondary N) is 1. The number of rotatable bonds is 7. The van der Waals surface area contributed by atoms with E-state index in [2.05, 4.69) is 22.4 Å². The van der Waals surface area contributed by atoms with Crippen LogP contribution in [-0.4, -0.2) is 53.9 Å². The third-order valence-electron chi connectivity index (χ3n) is 6.27. The average molecular weight is 413 g/mol. The molecule has 162 valence electrons. The van der Waals surface area contributed by atoms with Crippen LogP contribution in [0.4, 0.5) is 0 Å². The predicted octanol–water partition coefficient (Wildman–Crippen LogP) is 3.22. The highest BCUT2D eigenvalue weighted by molar-refractivity contribution is 5.78. The smallest absolute Gasteiger partial charge is 0.241 e. The van der Waals surface area contributed by atoms with Gasteiger partial charge in [-0.25, -0.2) is 0 Å². The number of benzene rings is 1. The number of hydrogen-bond donors (Lipinski definition) is 1. The highest BCUT2D eigenvalue weighted by Crippen LogP contribution is 2.39. The van der Waals surface area contributed by atoms with Crippen LogP contribution in [0, 0.1) is 0 Å². The number of nitrogens with zero attached hydrogens (tertiary/aromatic N) is 3. The molecule has 2 heterocycles. The fourth-order valence-corrected chi connectivity index (χ4v) is 4.51. The van der Waals surface area contributed by atoms with Crippen LogP contribution in [0.3, 0.4) is 0 Å². The second-order valence-corrected chi connectivity index (χ2v) is 8.30. The van der Waals surface area contributed by atoms with Crippen molar-refractivity contribution in [2.45, 2.75) is 57.7 Å². The van der Waals surface area contributed by atoms with Crippen molar-refractivity contribution in [3.8, 4) is 22.8 Å². The predicted molar refractivity (Wildman–Crippen MR) is 116 cm³/mol. The zero-order chi connectivity index (χ0) is 20.9. The molecule has 0 spiro atoms. The SMILES string of the molecule is COc1ccc2c(c1)-c1c(cnn1CC(=O)NCCN(C)C1CCCCCC1)CO2. The maximum Gasteiger partial charge on any atom is 0.241 e. The minimum atomic E-state index is -0.0221. The zero-order valence-electron chi connectivity index (χ0n) is 18.0. The van der Waals surface area contributed by atoms with Gasteiger partial charge in [-0.15, -0.1) is 0 Å². The van der Waals surface area contributed by atoms with Gasteiger partial charge in [-0.1, -0.05) is 25.7 Å². The molecule has 7 heteroatoms. The van der Waals surface area contributed by atoms with Gasteiger partial charge in [-0.2, -0.15) is 5.10 Å². The van der Waals surface area contributed by atoms with Crippen molar-refractivity contribution in [2.75, 3.05) is 27.2 Å². The molecule has 1 aromatic carbocycles. The Labute approximate surface area is 178 Å². The van der Waals surface area contributed by atoms with Gasteiger partial charge in [0.25, 0.3) is 0 Å². The van der Waals surface area contributed by atoms with E-state index in [4.69, 9.17) is 9.47 Å². The summed E-state index contributed by atoms with van der Waals surface area (Å²) in [6.07, 6.45) is 9.68. The van der Waals surface area contributed by atoms with Gasteiger partial charge in [0.05, 0.1) is 19.0 Å². The summed E-state index contributed by atoms with van der Waals surface area (Å²) in [4.78, 5) is 15.0. The van der Waals surface area contributed by atoms with Crippen molar-refractivity contribution < 1.29 is 14.3 Å². The van der Waals surface area contributed by atoms with Gasteiger partial charge in [-0.05, 0) is 38.1 Å². The fourth-order valence-electron chi connectivity index (χ4n) is 4.51.